The van der Waals surface area contributed by atoms with Crippen LogP contribution in [0.1, 0.15) is 5.82 Å². The molecule has 1 aromatic rings. The van der Waals surface area contributed by atoms with Crippen LogP contribution in [0.15, 0.2) is 86.4 Å². The molecule has 34 heavy (non-hydrogen) atoms. The van der Waals surface area contributed by atoms with E-state index in [0.717, 1.165) is 11.1 Å². The standard InChI is InChI=1S/C24H22N8O2/c1-29-23(33)30(2)26-21(25-29)17-9-13-5-7-15-11-18(22-27-31(3)24(34)32(4)28-22)12-16-8-6-14(10-17)19(13)20(15)16/h5-12,19-20H,1-4H3. The van der Waals surface area contributed by atoms with E-state index in [2.05, 4.69) is 69.3 Å². The van der Waals surface area contributed by atoms with Crippen LogP contribution in [0.4, 0.5) is 4.79 Å². The molecule has 10 heteroatoms. The van der Waals surface area contributed by atoms with Gasteiger partial charge in [-0.05, 0) is 45.9 Å². The molecule has 2 amide bonds. The molecule has 0 aromatic carbocycles. The zero-order valence-electron chi connectivity index (χ0n) is 19.2. The summed E-state index contributed by atoms with van der Waals surface area (Å²) in [5, 5.41) is 15.7. The van der Waals surface area contributed by atoms with E-state index in [4.69, 9.17) is 0 Å². The molecule has 0 spiro atoms. The third-order valence-electron chi connectivity index (χ3n) is 6.60. The van der Waals surface area contributed by atoms with Crippen LogP contribution in [-0.4, -0.2) is 50.9 Å². The maximum atomic E-state index is 12.0. The fraction of sp³-hybridized carbons (Fsp3) is 0.250. The summed E-state index contributed by atoms with van der Waals surface area (Å²) in [6.07, 6.45) is 16.9. The smallest absolute Gasteiger partial charge is 0.369 e. The number of aromatic nitrogens is 4. The molecule has 0 saturated carbocycles. The molecule has 0 fully saturated rings. The molecule has 2 unspecified atom stereocenters. The third kappa shape index (κ3) is 2.95. The summed E-state index contributed by atoms with van der Waals surface area (Å²) < 4.78 is 2.60. The van der Waals surface area contributed by atoms with Gasteiger partial charge in [-0.3, -0.25) is 0 Å². The Labute approximate surface area is 195 Å². The minimum atomic E-state index is -0.275. The van der Waals surface area contributed by atoms with Gasteiger partial charge < -0.3 is 20.5 Å². The Hall–Kier alpha value is -4.34. The number of urea groups is 1. The largest absolute Gasteiger partial charge is 0.539 e. The Kier molecular flexibility index (Phi) is 4.22. The number of amides is 2. The molecular weight excluding hydrogens is 432 g/mol. The number of aryl methyl sites for hydroxylation is 2. The number of hydrazone groups is 1. The minimum absolute atomic E-state index is 0.191. The van der Waals surface area contributed by atoms with E-state index < -0.39 is 0 Å². The van der Waals surface area contributed by atoms with Gasteiger partial charge in [0.1, 0.15) is 14.1 Å². The van der Waals surface area contributed by atoms with Crippen LogP contribution in [0.2, 0.25) is 0 Å². The van der Waals surface area contributed by atoms with Gasteiger partial charge in [0.15, 0.2) is 0 Å². The van der Waals surface area contributed by atoms with Crippen LogP contribution in [0.3, 0.4) is 0 Å². The van der Waals surface area contributed by atoms with Gasteiger partial charge >= 0.3 is 11.7 Å². The van der Waals surface area contributed by atoms with Crippen molar-refractivity contribution in [1.29, 1.82) is 0 Å². The first-order chi connectivity index (χ1) is 16.3. The SMILES string of the molecule is CN1N=C(C2=CC3=CC=C4C=C(c5nn(C)c(=O)[n+](C)n5)C=C5C=CC(=C2)C3C45)[N-]N(C)C1=O. The normalized spacial score (nSPS) is 24.7. The summed E-state index contributed by atoms with van der Waals surface area (Å²) in [6.45, 7) is 0. The van der Waals surface area contributed by atoms with Gasteiger partial charge in [0.25, 0.3) is 0 Å². The number of carbonyl (C=O) groups is 1. The molecule has 1 aliphatic heterocycles. The first-order valence-electron chi connectivity index (χ1n) is 10.9. The van der Waals surface area contributed by atoms with Crippen molar-refractivity contribution in [3.63, 3.8) is 0 Å². The highest BCUT2D eigenvalue weighted by molar-refractivity contribution is 6.12. The summed E-state index contributed by atoms with van der Waals surface area (Å²) in [7, 11) is 6.50. The van der Waals surface area contributed by atoms with Gasteiger partial charge in [0, 0.05) is 31.5 Å². The maximum absolute atomic E-state index is 12.0. The fourth-order valence-corrected chi connectivity index (χ4v) is 4.99. The molecule has 1 aromatic heterocycles. The molecule has 2 heterocycles. The Morgan fingerprint density at radius 2 is 1.50 bits per heavy atom. The number of rotatable bonds is 2. The number of carbonyl (C=O) groups excluding carboxylic acids is 1. The lowest BCUT2D eigenvalue weighted by Gasteiger charge is -2.43. The van der Waals surface area contributed by atoms with Gasteiger partial charge in [-0.1, -0.05) is 56.0 Å². The van der Waals surface area contributed by atoms with Gasteiger partial charge in [-0.15, -0.1) is 0 Å². The first-order valence-corrected chi connectivity index (χ1v) is 10.9. The number of amidine groups is 1. The van der Waals surface area contributed by atoms with E-state index >= 15 is 0 Å². The van der Waals surface area contributed by atoms with Crippen LogP contribution in [0.25, 0.3) is 11.0 Å². The van der Waals surface area contributed by atoms with E-state index in [1.807, 2.05) is 0 Å². The Morgan fingerprint density at radius 1 is 0.882 bits per heavy atom. The van der Waals surface area contributed by atoms with Crippen LogP contribution in [-0.2, 0) is 14.1 Å². The average Bonchev–Trinajstić information content (AvgIpc) is 2.83. The Balaban J connectivity index is 1.43. The van der Waals surface area contributed by atoms with Crippen LogP contribution >= 0.6 is 0 Å². The second-order valence-electron chi connectivity index (χ2n) is 8.82. The zero-order chi connectivity index (χ0) is 23.7. The lowest BCUT2D eigenvalue weighted by Crippen LogP contribution is -2.55. The molecule has 10 nitrogen and oxygen atoms in total. The van der Waals surface area contributed by atoms with E-state index in [0.29, 0.717) is 11.7 Å². The topological polar surface area (TPSA) is 102 Å². The van der Waals surface area contributed by atoms with E-state index in [-0.39, 0.29) is 23.6 Å². The van der Waals surface area contributed by atoms with Crippen molar-refractivity contribution in [3.05, 3.63) is 98.2 Å². The van der Waals surface area contributed by atoms with Gasteiger partial charge in [-0.2, -0.15) is 4.79 Å². The average molecular weight is 454 g/mol. The fourth-order valence-electron chi connectivity index (χ4n) is 4.99. The summed E-state index contributed by atoms with van der Waals surface area (Å²) in [5.41, 5.74) is 10.5. The first kappa shape index (κ1) is 20.3. The molecule has 0 bridgehead atoms. The highest BCUT2D eigenvalue weighted by Gasteiger charge is 2.39. The highest BCUT2D eigenvalue weighted by atomic mass is 16.2. The monoisotopic (exact) mass is 454 g/mol. The van der Waals surface area contributed by atoms with Crippen LogP contribution < -0.4 is 10.4 Å². The quantitative estimate of drug-likeness (QED) is 0.632. The van der Waals surface area contributed by atoms with Crippen molar-refractivity contribution in [1.82, 2.24) is 24.9 Å². The summed E-state index contributed by atoms with van der Waals surface area (Å²) >= 11 is 0. The van der Waals surface area contributed by atoms with Crippen molar-refractivity contribution >= 4 is 17.4 Å². The lowest BCUT2D eigenvalue weighted by atomic mass is 9.63. The zero-order valence-corrected chi connectivity index (χ0v) is 19.2. The summed E-state index contributed by atoms with van der Waals surface area (Å²) in [5.74, 6) is 1.39. The van der Waals surface area contributed by atoms with Gasteiger partial charge in [0.2, 0.25) is 5.82 Å². The molecule has 5 aliphatic rings. The second-order valence-corrected chi connectivity index (χ2v) is 8.82. The van der Waals surface area contributed by atoms with Crippen LogP contribution in [0.5, 0.6) is 0 Å². The minimum Gasteiger partial charge on any atom is -0.369 e. The summed E-state index contributed by atoms with van der Waals surface area (Å²) in [4.78, 5) is 24.0. The van der Waals surface area contributed by atoms with Crippen molar-refractivity contribution in [3.8, 4) is 0 Å². The molecule has 2 atom stereocenters. The molecule has 0 radical (unpaired) electrons. The molecule has 0 N–H and O–H groups in total. The molecule has 4 aliphatic carbocycles. The van der Waals surface area contributed by atoms with Crippen molar-refractivity contribution in [2.45, 2.75) is 0 Å². The highest BCUT2D eigenvalue weighted by Crippen LogP contribution is 2.50. The van der Waals surface area contributed by atoms with Crippen molar-refractivity contribution < 1.29 is 9.48 Å². The van der Waals surface area contributed by atoms with Gasteiger partial charge in [-0.25, -0.2) is 4.79 Å². The van der Waals surface area contributed by atoms with E-state index in [9.17, 15) is 9.59 Å². The number of allylic oxidation sites excluding steroid dienone is 12. The molecular formula is C24H22N8O2. The molecule has 6 rings (SSSR count). The predicted octanol–water partition coefficient (Wildman–Crippen LogP) is 1.46. The second kappa shape index (κ2) is 7.08. The number of nitrogens with zero attached hydrogens (tertiary/aromatic N) is 8. The Bertz CT molecular complexity index is 1450. The molecule has 0 saturated heterocycles. The maximum Gasteiger partial charge on any atom is 0.539 e. The lowest BCUT2D eigenvalue weighted by molar-refractivity contribution is -0.750. The van der Waals surface area contributed by atoms with Crippen LogP contribution in [0, 0.1) is 11.8 Å². The predicted molar refractivity (Wildman–Crippen MR) is 125 cm³/mol. The van der Waals surface area contributed by atoms with Crippen molar-refractivity contribution in [2.24, 2.45) is 31.0 Å². The van der Waals surface area contributed by atoms with E-state index in [1.54, 1.807) is 28.2 Å². The summed E-state index contributed by atoms with van der Waals surface area (Å²) in [6, 6.07) is -0.275. The third-order valence-corrected chi connectivity index (χ3v) is 6.60. The van der Waals surface area contributed by atoms with E-state index in [1.165, 1.54) is 41.7 Å². The Morgan fingerprint density at radius 3 is 2.12 bits per heavy atom. The van der Waals surface area contributed by atoms with Crippen molar-refractivity contribution in [2.75, 3.05) is 14.1 Å². The molecule has 170 valence electrons. The number of hydrogen-bond donors (Lipinski definition) is 0. The number of hydrogen-bond acceptors (Lipinski definition) is 5. The van der Waals surface area contributed by atoms with Gasteiger partial charge in [0.05, 0.1) is 0 Å².